The van der Waals surface area contributed by atoms with Crippen LogP contribution < -0.4 is 10.6 Å². The molecule has 7 heteroatoms. The predicted molar refractivity (Wildman–Crippen MR) is 101 cm³/mol. The second-order valence-electron chi connectivity index (χ2n) is 6.54. The Hall–Kier alpha value is -3.35. The molecule has 0 fully saturated rings. The second-order valence-corrected chi connectivity index (χ2v) is 6.54. The van der Waals surface area contributed by atoms with Crippen LogP contribution in [0.1, 0.15) is 11.1 Å². The molecule has 0 aromatic heterocycles. The van der Waals surface area contributed by atoms with Gasteiger partial charge in [0.15, 0.2) is 0 Å². The minimum absolute atomic E-state index is 0.169. The van der Waals surface area contributed by atoms with Crippen LogP contribution in [0, 0.1) is 5.92 Å². The van der Waals surface area contributed by atoms with Gasteiger partial charge in [0.2, 0.25) is 11.8 Å². The average molecular weight is 367 g/mol. The summed E-state index contributed by atoms with van der Waals surface area (Å²) in [7, 11) is 3.25. The number of nitrogens with zero attached hydrogens (tertiary/aromatic N) is 1. The van der Waals surface area contributed by atoms with E-state index in [4.69, 9.17) is 4.74 Å². The summed E-state index contributed by atoms with van der Waals surface area (Å²) < 4.78 is 5.18. The maximum absolute atomic E-state index is 12.2. The number of benzene rings is 2. The van der Waals surface area contributed by atoms with Gasteiger partial charge in [0.25, 0.3) is 0 Å². The molecule has 1 aliphatic rings. The Morgan fingerprint density at radius 3 is 2.63 bits per heavy atom. The van der Waals surface area contributed by atoms with Crippen LogP contribution in [0.5, 0.6) is 0 Å². The molecule has 0 aliphatic carbocycles. The highest BCUT2D eigenvalue weighted by Crippen LogP contribution is 2.29. The summed E-state index contributed by atoms with van der Waals surface area (Å²) in [5, 5.41) is 5.38. The summed E-state index contributed by atoms with van der Waals surface area (Å²) in [5.74, 6) is -1.31. The van der Waals surface area contributed by atoms with Crippen LogP contribution in [0.4, 0.5) is 16.2 Å². The van der Waals surface area contributed by atoms with E-state index in [0.29, 0.717) is 17.8 Å². The fourth-order valence-corrected chi connectivity index (χ4v) is 2.87. The molecule has 3 amide bonds. The Balaban J connectivity index is 1.63. The maximum Gasteiger partial charge on any atom is 0.411 e. The Bertz CT molecular complexity index is 865. The molecule has 0 bridgehead atoms. The number of nitrogens with one attached hydrogen (secondary N) is 2. The molecule has 0 saturated carbocycles. The highest BCUT2D eigenvalue weighted by Gasteiger charge is 2.33. The van der Waals surface area contributed by atoms with E-state index >= 15 is 0 Å². The Kier molecular flexibility index (Phi) is 5.40. The lowest BCUT2D eigenvalue weighted by Gasteiger charge is -2.26. The SMILES string of the molecule is CN(C)C(=O)C1Cc2ccc(NC(=O)OCc3ccccc3)cc2NC1=O. The number of amides is 3. The lowest BCUT2D eigenvalue weighted by molar-refractivity contribution is -0.138. The van der Waals surface area contributed by atoms with Gasteiger partial charge in [0.05, 0.1) is 0 Å². The second kappa shape index (κ2) is 7.90. The molecular formula is C20H21N3O4. The quantitative estimate of drug-likeness (QED) is 0.813. The lowest BCUT2D eigenvalue weighted by Crippen LogP contribution is -2.41. The Morgan fingerprint density at radius 1 is 1.19 bits per heavy atom. The van der Waals surface area contributed by atoms with Crippen LogP contribution in [0.25, 0.3) is 0 Å². The third-order valence-corrected chi connectivity index (χ3v) is 4.31. The van der Waals surface area contributed by atoms with Crippen molar-refractivity contribution in [1.29, 1.82) is 0 Å². The molecule has 140 valence electrons. The average Bonchev–Trinajstić information content (AvgIpc) is 2.66. The van der Waals surface area contributed by atoms with Crippen molar-refractivity contribution < 1.29 is 19.1 Å². The molecule has 2 aromatic carbocycles. The van der Waals surface area contributed by atoms with Crippen molar-refractivity contribution in [3.05, 3.63) is 59.7 Å². The normalized spacial score (nSPS) is 15.3. The van der Waals surface area contributed by atoms with Gasteiger partial charge in [-0.05, 0) is 29.7 Å². The number of anilines is 2. The molecule has 2 aromatic rings. The third kappa shape index (κ3) is 4.44. The summed E-state index contributed by atoms with van der Waals surface area (Å²) in [6, 6.07) is 14.5. The summed E-state index contributed by atoms with van der Waals surface area (Å²) >= 11 is 0. The largest absolute Gasteiger partial charge is 0.444 e. The molecule has 2 N–H and O–H groups in total. The number of fused-ring (bicyclic) bond motifs is 1. The van der Waals surface area contributed by atoms with E-state index < -0.39 is 12.0 Å². The van der Waals surface area contributed by atoms with E-state index in [9.17, 15) is 14.4 Å². The lowest BCUT2D eigenvalue weighted by atomic mass is 9.92. The molecule has 0 radical (unpaired) electrons. The molecule has 1 unspecified atom stereocenters. The number of hydrogen-bond acceptors (Lipinski definition) is 4. The third-order valence-electron chi connectivity index (χ3n) is 4.31. The van der Waals surface area contributed by atoms with Crippen molar-refractivity contribution >= 4 is 29.3 Å². The van der Waals surface area contributed by atoms with E-state index in [-0.39, 0.29) is 18.4 Å². The number of rotatable bonds is 4. The fraction of sp³-hybridized carbons (Fsp3) is 0.250. The van der Waals surface area contributed by atoms with Gasteiger partial charge in [0.1, 0.15) is 12.5 Å². The number of hydrogen-bond donors (Lipinski definition) is 2. The van der Waals surface area contributed by atoms with Crippen molar-refractivity contribution in [3.63, 3.8) is 0 Å². The van der Waals surface area contributed by atoms with Crippen molar-refractivity contribution in [1.82, 2.24) is 4.90 Å². The van der Waals surface area contributed by atoms with Crippen molar-refractivity contribution in [2.24, 2.45) is 5.92 Å². The molecule has 1 atom stereocenters. The van der Waals surface area contributed by atoms with Gasteiger partial charge in [-0.1, -0.05) is 36.4 Å². The molecule has 1 heterocycles. The molecule has 0 spiro atoms. The summed E-state index contributed by atoms with van der Waals surface area (Å²) in [5.41, 5.74) is 2.83. The molecule has 0 saturated heterocycles. The van der Waals surface area contributed by atoms with E-state index in [1.807, 2.05) is 30.3 Å². The summed E-state index contributed by atoms with van der Waals surface area (Å²) in [6.45, 7) is 0.169. The van der Waals surface area contributed by atoms with E-state index in [2.05, 4.69) is 10.6 Å². The van der Waals surface area contributed by atoms with E-state index in [0.717, 1.165) is 11.1 Å². The highest BCUT2D eigenvalue weighted by molar-refractivity contribution is 6.08. The fourth-order valence-electron chi connectivity index (χ4n) is 2.87. The standard InChI is InChI=1S/C20H21N3O4/c1-23(2)19(25)16-10-14-8-9-15(11-17(14)22-18(16)24)21-20(26)27-12-13-6-4-3-5-7-13/h3-9,11,16H,10,12H2,1-2H3,(H,21,26)(H,22,24). The van der Waals surface area contributed by atoms with Gasteiger partial charge in [-0.25, -0.2) is 4.79 Å². The van der Waals surface area contributed by atoms with Crippen LogP contribution in [0.2, 0.25) is 0 Å². The van der Waals surface area contributed by atoms with Crippen molar-refractivity contribution in [2.45, 2.75) is 13.0 Å². The predicted octanol–water partition coefficient (Wildman–Crippen LogP) is 2.63. The number of ether oxygens (including phenoxy) is 1. The zero-order valence-electron chi connectivity index (χ0n) is 15.2. The first-order chi connectivity index (χ1) is 12.9. The number of carbonyl (C=O) groups excluding carboxylic acids is 3. The van der Waals surface area contributed by atoms with Gasteiger partial charge in [-0.15, -0.1) is 0 Å². The zero-order valence-corrected chi connectivity index (χ0v) is 15.2. The molecule has 3 rings (SSSR count). The first-order valence-corrected chi connectivity index (χ1v) is 8.56. The van der Waals surface area contributed by atoms with Crippen LogP contribution in [-0.4, -0.2) is 36.9 Å². The smallest absolute Gasteiger partial charge is 0.411 e. The van der Waals surface area contributed by atoms with Crippen LogP contribution in [-0.2, 0) is 27.4 Å². The molecule has 1 aliphatic heterocycles. The van der Waals surface area contributed by atoms with Crippen molar-refractivity contribution in [2.75, 3.05) is 24.7 Å². The first kappa shape index (κ1) is 18.4. The minimum atomic E-state index is -0.734. The van der Waals surface area contributed by atoms with Crippen molar-refractivity contribution in [3.8, 4) is 0 Å². The van der Waals surface area contributed by atoms with E-state index in [1.165, 1.54) is 4.90 Å². The summed E-state index contributed by atoms with van der Waals surface area (Å²) in [6.07, 6.45) is -0.252. The van der Waals surface area contributed by atoms with Crippen LogP contribution in [0.3, 0.4) is 0 Å². The topological polar surface area (TPSA) is 87.7 Å². The Labute approximate surface area is 157 Å². The molecule has 27 heavy (non-hydrogen) atoms. The zero-order chi connectivity index (χ0) is 19.4. The monoisotopic (exact) mass is 367 g/mol. The summed E-state index contributed by atoms with van der Waals surface area (Å²) in [4.78, 5) is 37.7. The first-order valence-electron chi connectivity index (χ1n) is 8.56. The van der Waals surface area contributed by atoms with E-state index in [1.54, 1.807) is 32.3 Å². The van der Waals surface area contributed by atoms with Crippen LogP contribution >= 0.6 is 0 Å². The maximum atomic E-state index is 12.2. The van der Waals surface area contributed by atoms with Gasteiger partial charge in [-0.2, -0.15) is 0 Å². The van der Waals surface area contributed by atoms with Crippen LogP contribution in [0.15, 0.2) is 48.5 Å². The van der Waals surface area contributed by atoms with Gasteiger partial charge in [0, 0.05) is 25.5 Å². The van der Waals surface area contributed by atoms with Gasteiger partial charge in [-0.3, -0.25) is 14.9 Å². The highest BCUT2D eigenvalue weighted by atomic mass is 16.5. The Morgan fingerprint density at radius 2 is 1.93 bits per heavy atom. The van der Waals surface area contributed by atoms with Gasteiger partial charge < -0.3 is 15.0 Å². The molecule has 7 nitrogen and oxygen atoms in total. The van der Waals surface area contributed by atoms with Gasteiger partial charge >= 0.3 is 6.09 Å². The number of carbonyl (C=O) groups is 3. The molecular weight excluding hydrogens is 346 g/mol. The minimum Gasteiger partial charge on any atom is -0.444 e.